The molecule has 3 aromatic rings. The molecule has 0 aliphatic carbocycles. The highest BCUT2D eigenvalue weighted by molar-refractivity contribution is 7.88. The third kappa shape index (κ3) is 2.29. The highest BCUT2D eigenvalue weighted by atomic mass is 32.2. The Balaban J connectivity index is 2.08. The van der Waals surface area contributed by atoms with Gasteiger partial charge in [-0.1, -0.05) is 11.2 Å². The maximum Gasteiger partial charge on any atom is 0.534 e. The van der Waals surface area contributed by atoms with E-state index >= 15 is 0 Å². The van der Waals surface area contributed by atoms with Crippen molar-refractivity contribution in [3.63, 3.8) is 0 Å². The SMILES string of the molecule is O=S(=O)(Oc1ccc2c(ccc3conc32)c1)C(F)(F)F. The van der Waals surface area contributed by atoms with Crippen LogP contribution in [-0.4, -0.2) is 19.1 Å². The van der Waals surface area contributed by atoms with Gasteiger partial charge >= 0.3 is 15.6 Å². The van der Waals surface area contributed by atoms with Gasteiger partial charge in [0.1, 0.15) is 17.5 Å². The lowest BCUT2D eigenvalue weighted by Crippen LogP contribution is -2.28. The van der Waals surface area contributed by atoms with E-state index in [4.69, 9.17) is 4.52 Å². The highest BCUT2D eigenvalue weighted by Crippen LogP contribution is 2.31. The van der Waals surface area contributed by atoms with Crippen molar-refractivity contribution in [1.29, 1.82) is 0 Å². The summed E-state index contributed by atoms with van der Waals surface area (Å²) in [4.78, 5) is 0. The maximum absolute atomic E-state index is 12.3. The Kier molecular flexibility index (Phi) is 2.84. The van der Waals surface area contributed by atoms with E-state index < -0.39 is 21.4 Å². The summed E-state index contributed by atoms with van der Waals surface area (Å²) < 4.78 is 67.6. The molecule has 0 aliphatic rings. The van der Waals surface area contributed by atoms with Gasteiger partial charge in [0, 0.05) is 10.8 Å². The number of alkyl halides is 3. The molecule has 0 N–H and O–H groups in total. The second-order valence-electron chi connectivity index (χ2n) is 4.18. The molecule has 0 bridgehead atoms. The molecule has 110 valence electrons. The van der Waals surface area contributed by atoms with Crippen LogP contribution in [0.4, 0.5) is 13.2 Å². The lowest BCUT2D eigenvalue weighted by molar-refractivity contribution is -0.0500. The molecular weight excluding hydrogens is 311 g/mol. The third-order valence-electron chi connectivity index (χ3n) is 2.81. The Hall–Kier alpha value is -2.29. The van der Waals surface area contributed by atoms with Crippen molar-refractivity contribution in [2.24, 2.45) is 0 Å². The second-order valence-corrected chi connectivity index (χ2v) is 5.72. The summed E-state index contributed by atoms with van der Waals surface area (Å²) in [5.41, 5.74) is -4.95. The number of hydrogen-bond donors (Lipinski definition) is 0. The molecule has 0 aliphatic heterocycles. The minimum Gasteiger partial charge on any atom is -0.376 e. The predicted octanol–water partition coefficient (Wildman–Crippen LogP) is 3.21. The van der Waals surface area contributed by atoms with E-state index in [1.54, 1.807) is 12.1 Å². The molecule has 0 saturated heterocycles. The number of benzene rings is 2. The van der Waals surface area contributed by atoms with Gasteiger partial charge in [-0.05, 0) is 29.7 Å². The summed E-state index contributed by atoms with van der Waals surface area (Å²) in [6.45, 7) is 0. The van der Waals surface area contributed by atoms with Crippen LogP contribution in [0, 0.1) is 0 Å². The topological polar surface area (TPSA) is 69.4 Å². The number of nitrogens with zero attached hydrogens (tertiary/aromatic N) is 1. The smallest absolute Gasteiger partial charge is 0.376 e. The minimum absolute atomic E-state index is 0.428. The largest absolute Gasteiger partial charge is 0.534 e. The van der Waals surface area contributed by atoms with Gasteiger partial charge < -0.3 is 8.71 Å². The Morgan fingerprint density at radius 1 is 1.10 bits per heavy atom. The summed E-state index contributed by atoms with van der Waals surface area (Å²) >= 11 is 0. The zero-order valence-corrected chi connectivity index (χ0v) is 10.9. The van der Waals surface area contributed by atoms with Crippen LogP contribution in [0.25, 0.3) is 21.7 Å². The van der Waals surface area contributed by atoms with Gasteiger partial charge in [0.25, 0.3) is 0 Å². The molecule has 9 heteroatoms. The first-order chi connectivity index (χ1) is 9.78. The fraction of sp³-hybridized carbons (Fsp3) is 0.0833. The summed E-state index contributed by atoms with van der Waals surface area (Å²) in [5.74, 6) is -0.428. The van der Waals surface area contributed by atoms with Crippen LogP contribution in [0.1, 0.15) is 0 Å². The van der Waals surface area contributed by atoms with Crippen molar-refractivity contribution in [3.05, 3.63) is 36.6 Å². The average molecular weight is 317 g/mol. The molecule has 0 spiro atoms. The van der Waals surface area contributed by atoms with E-state index in [0.717, 1.165) is 11.5 Å². The maximum atomic E-state index is 12.3. The van der Waals surface area contributed by atoms with Gasteiger partial charge in [0.15, 0.2) is 0 Å². The highest BCUT2D eigenvalue weighted by Gasteiger charge is 2.48. The van der Waals surface area contributed by atoms with E-state index in [-0.39, 0.29) is 0 Å². The standard InChI is InChI=1S/C12H6F3NO4S/c13-12(14,15)21(17,18)20-9-3-4-10-7(5-9)1-2-8-6-19-16-11(8)10/h1-6H. The third-order valence-corrected chi connectivity index (χ3v) is 3.79. The van der Waals surface area contributed by atoms with Crippen LogP contribution in [0.3, 0.4) is 0 Å². The normalized spacial score (nSPS) is 12.9. The van der Waals surface area contributed by atoms with Crippen molar-refractivity contribution in [2.45, 2.75) is 5.51 Å². The Labute approximate surface area is 116 Å². The van der Waals surface area contributed by atoms with Gasteiger partial charge in [-0.2, -0.15) is 21.6 Å². The molecule has 0 unspecified atom stereocenters. The Morgan fingerprint density at radius 3 is 2.52 bits per heavy atom. The molecule has 0 atom stereocenters. The van der Waals surface area contributed by atoms with E-state index in [1.165, 1.54) is 18.4 Å². The number of hydrogen-bond acceptors (Lipinski definition) is 5. The molecule has 5 nitrogen and oxygen atoms in total. The second kappa shape index (κ2) is 4.35. The van der Waals surface area contributed by atoms with Crippen LogP contribution in [-0.2, 0) is 10.1 Å². The number of fused-ring (bicyclic) bond motifs is 3. The van der Waals surface area contributed by atoms with E-state index in [9.17, 15) is 21.6 Å². The first kappa shape index (κ1) is 13.7. The van der Waals surface area contributed by atoms with Crippen molar-refractivity contribution in [3.8, 4) is 5.75 Å². The van der Waals surface area contributed by atoms with Crippen LogP contribution < -0.4 is 4.18 Å². The zero-order valence-electron chi connectivity index (χ0n) is 10.1. The van der Waals surface area contributed by atoms with Gasteiger partial charge in [-0.3, -0.25) is 0 Å². The summed E-state index contributed by atoms with van der Waals surface area (Å²) in [6.07, 6.45) is 1.42. The monoisotopic (exact) mass is 317 g/mol. The number of halogens is 3. The van der Waals surface area contributed by atoms with E-state index in [2.05, 4.69) is 9.34 Å². The van der Waals surface area contributed by atoms with Crippen molar-refractivity contribution in [2.75, 3.05) is 0 Å². The lowest BCUT2D eigenvalue weighted by atomic mass is 10.1. The van der Waals surface area contributed by atoms with Crippen LogP contribution in [0.5, 0.6) is 5.75 Å². The number of aromatic nitrogens is 1. The summed E-state index contributed by atoms with van der Waals surface area (Å²) in [5, 5.41) is 5.58. The molecule has 0 saturated carbocycles. The quantitative estimate of drug-likeness (QED) is 0.536. The summed E-state index contributed by atoms with van der Waals surface area (Å²) in [6, 6.07) is 6.98. The minimum atomic E-state index is -5.69. The molecule has 21 heavy (non-hydrogen) atoms. The Bertz CT molecular complexity index is 930. The fourth-order valence-corrected chi connectivity index (χ4v) is 2.32. The fourth-order valence-electron chi connectivity index (χ4n) is 1.87. The molecule has 1 heterocycles. The molecular formula is C12H6F3NO4S. The van der Waals surface area contributed by atoms with Crippen molar-refractivity contribution < 1.29 is 30.3 Å². The predicted molar refractivity (Wildman–Crippen MR) is 67.1 cm³/mol. The molecule has 0 amide bonds. The lowest BCUT2D eigenvalue weighted by Gasteiger charge is -2.09. The molecule has 2 aromatic carbocycles. The molecule has 0 fully saturated rings. The first-order valence-electron chi connectivity index (χ1n) is 5.55. The first-order valence-corrected chi connectivity index (χ1v) is 6.96. The van der Waals surface area contributed by atoms with Crippen LogP contribution >= 0.6 is 0 Å². The van der Waals surface area contributed by atoms with Crippen molar-refractivity contribution >= 4 is 31.8 Å². The number of rotatable bonds is 2. The average Bonchev–Trinajstić information content (AvgIpc) is 2.85. The van der Waals surface area contributed by atoms with Gasteiger partial charge in [-0.15, -0.1) is 0 Å². The molecule has 3 rings (SSSR count). The van der Waals surface area contributed by atoms with Crippen LogP contribution in [0.2, 0.25) is 0 Å². The van der Waals surface area contributed by atoms with Gasteiger partial charge in [0.05, 0.1) is 0 Å². The van der Waals surface area contributed by atoms with Crippen LogP contribution in [0.15, 0.2) is 41.1 Å². The van der Waals surface area contributed by atoms with Gasteiger partial charge in [0.2, 0.25) is 0 Å². The molecule has 1 aromatic heterocycles. The van der Waals surface area contributed by atoms with E-state index in [1.807, 2.05) is 0 Å². The van der Waals surface area contributed by atoms with Crippen molar-refractivity contribution in [1.82, 2.24) is 5.16 Å². The molecule has 0 radical (unpaired) electrons. The Morgan fingerprint density at radius 2 is 1.81 bits per heavy atom. The van der Waals surface area contributed by atoms with Gasteiger partial charge in [-0.25, -0.2) is 0 Å². The summed E-state index contributed by atoms with van der Waals surface area (Å²) in [7, 11) is -5.69. The van der Waals surface area contributed by atoms with E-state index in [0.29, 0.717) is 16.3 Å². The zero-order chi connectivity index (χ0) is 15.3.